The van der Waals surface area contributed by atoms with Crippen molar-refractivity contribution in [1.82, 2.24) is 0 Å². The van der Waals surface area contributed by atoms with Gasteiger partial charge in [0.25, 0.3) is 0 Å². The summed E-state index contributed by atoms with van der Waals surface area (Å²) in [5.41, 5.74) is 2.72. The maximum absolute atomic E-state index is 12.7. The predicted octanol–water partition coefficient (Wildman–Crippen LogP) is 6.99. The molecule has 1 aliphatic rings. The van der Waals surface area contributed by atoms with Crippen molar-refractivity contribution in [1.29, 1.82) is 0 Å². The van der Waals surface area contributed by atoms with Crippen LogP contribution in [0.4, 0.5) is 0 Å². The van der Waals surface area contributed by atoms with Gasteiger partial charge in [-0.15, -0.1) is 0 Å². The second-order valence-corrected chi connectivity index (χ2v) is 8.89. The molecule has 3 heteroatoms. The Labute approximate surface area is 207 Å². The lowest BCUT2D eigenvalue weighted by Crippen LogP contribution is -2.30. The summed E-state index contributed by atoms with van der Waals surface area (Å²) in [6.45, 7) is 0. The predicted molar refractivity (Wildman–Crippen MR) is 140 cm³/mol. The highest BCUT2D eigenvalue weighted by atomic mass is 16.3. The first-order chi connectivity index (χ1) is 17.1. The van der Waals surface area contributed by atoms with Crippen LogP contribution in [-0.4, -0.2) is 16.7 Å². The molecule has 0 amide bonds. The summed E-state index contributed by atoms with van der Waals surface area (Å²) in [4.78, 5) is 24.6. The Kier molecular flexibility index (Phi) is 8.02. The van der Waals surface area contributed by atoms with Gasteiger partial charge in [-0.25, -0.2) is 0 Å². The van der Waals surface area contributed by atoms with Crippen molar-refractivity contribution >= 4 is 11.6 Å². The van der Waals surface area contributed by atoms with Crippen molar-refractivity contribution < 1.29 is 14.7 Å². The Morgan fingerprint density at radius 1 is 0.514 bits per heavy atom. The van der Waals surface area contributed by atoms with Crippen LogP contribution in [0.3, 0.4) is 0 Å². The molecule has 5 rings (SSSR count). The van der Waals surface area contributed by atoms with Crippen LogP contribution in [0, 0.1) is 0 Å². The number of benzene rings is 4. The normalized spacial score (nSPS) is 14.3. The van der Waals surface area contributed by atoms with E-state index in [0.29, 0.717) is 11.1 Å². The molecular formula is C32H30O3. The van der Waals surface area contributed by atoms with Gasteiger partial charge in [0.15, 0.2) is 11.6 Å². The molecule has 176 valence electrons. The molecule has 0 radical (unpaired) electrons. The molecule has 0 saturated heterocycles. The third-order valence-electron chi connectivity index (χ3n) is 6.46. The van der Waals surface area contributed by atoms with Crippen molar-refractivity contribution in [3.8, 4) is 0 Å². The van der Waals surface area contributed by atoms with Crippen molar-refractivity contribution in [3.05, 3.63) is 143 Å². The van der Waals surface area contributed by atoms with Crippen LogP contribution in [0.5, 0.6) is 0 Å². The van der Waals surface area contributed by atoms with Crippen LogP contribution in [0.1, 0.15) is 69.5 Å². The molecule has 4 aromatic carbocycles. The summed E-state index contributed by atoms with van der Waals surface area (Å²) >= 11 is 0. The highest BCUT2D eigenvalue weighted by Crippen LogP contribution is 2.38. The summed E-state index contributed by atoms with van der Waals surface area (Å²) in [5.74, 6) is 0.0661. The quantitative estimate of drug-likeness (QED) is 0.325. The fourth-order valence-corrected chi connectivity index (χ4v) is 4.58. The van der Waals surface area contributed by atoms with Crippen LogP contribution in [0.25, 0.3) is 0 Å². The zero-order valence-electron chi connectivity index (χ0n) is 19.8. The van der Waals surface area contributed by atoms with Gasteiger partial charge in [-0.2, -0.15) is 0 Å². The molecule has 0 spiro atoms. The number of carbonyl (C=O) groups excluding carboxylic acids is 2. The van der Waals surface area contributed by atoms with Gasteiger partial charge in [0, 0.05) is 22.3 Å². The van der Waals surface area contributed by atoms with E-state index >= 15 is 0 Å². The smallest absolute Gasteiger partial charge is 0.193 e. The number of ketones is 2. The van der Waals surface area contributed by atoms with Gasteiger partial charge < -0.3 is 5.11 Å². The lowest BCUT2D eigenvalue weighted by atomic mass is 9.77. The topological polar surface area (TPSA) is 54.4 Å². The Morgan fingerprint density at radius 2 is 0.914 bits per heavy atom. The van der Waals surface area contributed by atoms with Crippen molar-refractivity contribution in [2.24, 2.45) is 0 Å². The monoisotopic (exact) mass is 462 g/mol. The zero-order valence-corrected chi connectivity index (χ0v) is 19.8. The van der Waals surface area contributed by atoms with Crippen molar-refractivity contribution in [2.75, 3.05) is 0 Å². The van der Waals surface area contributed by atoms with Gasteiger partial charge in [-0.1, -0.05) is 135 Å². The Hall–Kier alpha value is -3.82. The second kappa shape index (κ2) is 11.5. The molecule has 1 aliphatic carbocycles. The van der Waals surface area contributed by atoms with E-state index in [1.807, 2.05) is 115 Å². The number of carbonyl (C=O) groups is 2. The molecule has 0 aromatic heterocycles. The van der Waals surface area contributed by atoms with Crippen LogP contribution < -0.4 is 0 Å². The lowest BCUT2D eigenvalue weighted by molar-refractivity contribution is -0.00127. The van der Waals surface area contributed by atoms with Gasteiger partial charge in [-0.3, -0.25) is 9.59 Å². The molecule has 0 atom stereocenters. The zero-order chi connectivity index (χ0) is 24.5. The van der Waals surface area contributed by atoms with E-state index in [1.165, 1.54) is 0 Å². The van der Waals surface area contributed by atoms with Gasteiger partial charge in [0.05, 0.1) is 5.60 Å². The van der Waals surface area contributed by atoms with E-state index in [-0.39, 0.29) is 11.6 Å². The Bertz CT molecular complexity index is 1200. The number of aliphatic hydroxyl groups is 1. The van der Waals surface area contributed by atoms with Gasteiger partial charge in [0.1, 0.15) is 0 Å². The van der Waals surface area contributed by atoms with Crippen LogP contribution >= 0.6 is 0 Å². The van der Waals surface area contributed by atoms with E-state index in [9.17, 15) is 14.7 Å². The summed E-state index contributed by atoms with van der Waals surface area (Å²) < 4.78 is 0. The first-order valence-corrected chi connectivity index (χ1v) is 12.1. The third kappa shape index (κ3) is 6.00. The number of hydrogen-bond acceptors (Lipinski definition) is 3. The molecule has 0 aliphatic heterocycles. The molecule has 0 unspecified atom stereocenters. The van der Waals surface area contributed by atoms with E-state index in [2.05, 4.69) is 0 Å². The fourth-order valence-electron chi connectivity index (χ4n) is 4.58. The number of hydrogen-bond donors (Lipinski definition) is 1. The molecule has 3 nitrogen and oxygen atoms in total. The standard InChI is InChI=1S/C19H20O2.C13H10O/c20-18(15-9-3-1-4-10-15)16-11-5-6-12-17(16)19(21)13-7-2-8-14-19;14-13(11-7-3-1-4-8-11)12-9-5-2-6-10-12/h1,3-6,9-12,21H,2,7-8,13-14H2;1-10H. The molecule has 4 aromatic rings. The summed E-state index contributed by atoms with van der Waals surface area (Å²) in [5, 5.41) is 11.0. The van der Waals surface area contributed by atoms with E-state index in [0.717, 1.165) is 48.8 Å². The lowest BCUT2D eigenvalue weighted by Gasteiger charge is -2.33. The van der Waals surface area contributed by atoms with Gasteiger partial charge >= 0.3 is 0 Å². The van der Waals surface area contributed by atoms with Crippen LogP contribution in [-0.2, 0) is 5.60 Å². The maximum Gasteiger partial charge on any atom is 0.193 e. The minimum atomic E-state index is -0.848. The molecular weight excluding hydrogens is 432 g/mol. The summed E-state index contributed by atoms with van der Waals surface area (Å²) in [6.07, 6.45) is 4.68. The average Bonchev–Trinajstić information content (AvgIpc) is 2.94. The van der Waals surface area contributed by atoms with Gasteiger partial charge in [0.2, 0.25) is 0 Å². The highest BCUT2D eigenvalue weighted by Gasteiger charge is 2.34. The Balaban J connectivity index is 0.000000179. The summed E-state index contributed by atoms with van der Waals surface area (Å²) in [7, 11) is 0. The molecule has 0 heterocycles. The minimum absolute atomic E-state index is 0.00908. The first kappa shape index (κ1) is 24.3. The molecule has 1 N–H and O–H groups in total. The van der Waals surface area contributed by atoms with E-state index in [4.69, 9.17) is 0 Å². The van der Waals surface area contributed by atoms with Gasteiger partial charge in [-0.05, 0) is 18.4 Å². The number of rotatable bonds is 5. The van der Waals surface area contributed by atoms with Crippen LogP contribution in [0.2, 0.25) is 0 Å². The fraction of sp³-hybridized carbons (Fsp3) is 0.188. The third-order valence-corrected chi connectivity index (χ3v) is 6.46. The van der Waals surface area contributed by atoms with E-state index < -0.39 is 5.60 Å². The van der Waals surface area contributed by atoms with Crippen molar-refractivity contribution in [2.45, 2.75) is 37.7 Å². The second-order valence-electron chi connectivity index (χ2n) is 8.89. The van der Waals surface area contributed by atoms with Crippen molar-refractivity contribution in [3.63, 3.8) is 0 Å². The molecule has 0 bridgehead atoms. The largest absolute Gasteiger partial charge is 0.385 e. The summed E-state index contributed by atoms with van der Waals surface area (Å²) in [6, 6.07) is 35.4. The average molecular weight is 463 g/mol. The molecule has 1 fully saturated rings. The molecule has 1 saturated carbocycles. The first-order valence-electron chi connectivity index (χ1n) is 12.1. The SMILES string of the molecule is O=C(c1ccccc1)c1ccccc1.O=C(c1ccccc1)c1ccccc1C1(O)CCCCC1. The molecule has 35 heavy (non-hydrogen) atoms. The van der Waals surface area contributed by atoms with E-state index in [1.54, 1.807) is 0 Å². The van der Waals surface area contributed by atoms with Crippen LogP contribution in [0.15, 0.2) is 115 Å². The highest BCUT2D eigenvalue weighted by molar-refractivity contribution is 6.10. The Morgan fingerprint density at radius 3 is 1.40 bits per heavy atom. The minimum Gasteiger partial charge on any atom is -0.385 e. The maximum atomic E-state index is 12.7.